The molecule has 0 atom stereocenters. The molecular weight excluding hydrogens is 128 g/mol. The van der Waals surface area contributed by atoms with Crippen LogP contribution in [0.15, 0.2) is 5.11 Å². The van der Waals surface area contributed by atoms with Gasteiger partial charge in [0.15, 0.2) is 0 Å². The van der Waals surface area contributed by atoms with E-state index in [-0.39, 0.29) is 11.8 Å². The SMILES string of the molecule is N=NC(=N)C1CCNCC1. The minimum absolute atomic E-state index is 0.235. The number of piperidine rings is 1. The molecule has 3 N–H and O–H groups in total. The topological polar surface area (TPSA) is 72.1 Å². The Kier molecular flexibility index (Phi) is 2.50. The smallest absolute Gasteiger partial charge is 0.145 e. The van der Waals surface area contributed by atoms with Crippen LogP contribution in [0.2, 0.25) is 0 Å². The fraction of sp³-hybridized carbons (Fsp3) is 0.833. The van der Waals surface area contributed by atoms with Gasteiger partial charge in [0.25, 0.3) is 0 Å². The predicted octanol–water partition coefficient (Wildman–Crippen LogP) is 0.994. The molecule has 10 heavy (non-hydrogen) atoms. The van der Waals surface area contributed by atoms with E-state index in [1.807, 2.05) is 0 Å². The predicted molar refractivity (Wildman–Crippen MR) is 38.5 cm³/mol. The van der Waals surface area contributed by atoms with Gasteiger partial charge in [-0.3, -0.25) is 5.41 Å². The molecule has 0 aromatic heterocycles. The van der Waals surface area contributed by atoms with Crippen LogP contribution in [0, 0.1) is 16.9 Å². The van der Waals surface area contributed by atoms with Crippen LogP contribution in [-0.2, 0) is 0 Å². The number of hydrogen-bond donors (Lipinski definition) is 3. The molecule has 1 aliphatic heterocycles. The molecule has 0 unspecified atom stereocenters. The Labute approximate surface area is 60.0 Å². The Balaban J connectivity index is 2.38. The number of nitrogens with one attached hydrogen (secondary N) is 3. The number of nitrogens with zero attached hydrogens (tertiary/aromatic N) is 1. The number of rotatable bonds is 1. The maximum absolute atomic E-state index is 7.25. The zero-order chi connectivity index (χ0) is 7.40. The van der Waals surface area contributed by atoms with Gasteiger partial charge in [0.1, 0.15) is 5.84 Å². The minimum atomic E-state index is 0.235. The first-order valence-electron chi connectivity index (χ1n) is 3.51. The largest absolute Gasteiger partial charge is 0.317 e. The van der Waals surface area contributed by atoms with Crippen LogP contribution in [-0.4, -0.2) is 18.9 Å². The van der Waals surface area contributed by atoms with Crippen molar-refractivity contribution in [3.8, 4) is 0 Å². The van der Waals surface area contributed by atoms with Crippen LogP contribution in [0.5, 0.6) is 0 Å². The Bertz CT molecular complexity index is 137. The van der Waals surface area contributed by atoms with Crippen molar-refractivity contribution in [1.29, 1.82) is 10.9 Å². The molecule has 0 aromatic rings. The molecule has 1 saturated heterocycles. The zero-order valence-corrected chi connectivity index (χ0v) is 5.85. The fourth-order valence-electron chi connectivity index (χ4n) is 1.19. The van der Waals surface area contributed by atoms with Gasteiger partial charge in [-0.05, 0) is 25.9 Å². The molecule has 56 valence electrons. The van der Waals surface area contributed by atoms with Crippen molar-refractivity contribution in [1.82, 2.24) is 5.32 Å². The summed E-state index contributed by atoms with van der Waals surface area (Å²) in [6.07, 6.45) is 1.92. The average Bonchev–Trinajstić information content (AvgIpc) is 2.05. The van der Waals surface area contributed by atoms with Crippen molar-refractivity contribution in [3.63, 3.8) is 0 Å². The lowest BCUT2D eigenvalue weighted by Gasteiger charge is -2.20. The van der Waals surface area contributed by atoms with Crippen molar-refractivity contribution in [2.24, 2.45) is 11.0 Å². The Morgan fingerprint density at radius 2 is 2.00 bits per heavy atom. The van der Waals surface area contributed by atoms with Gasteiger partial charge >= 0.3 is 0 Å². The van der Waals surface area contributed by atoms with Crippen molar-refractivity contribution in [2.75, 3.05) is 13.1 Å². The van der Waals surface area contributed by atoms with E-state index in [2.05, 4.69) is 10.4 Å². The Morgan fingerprint density at radius 1 is 1.40 bits per heavy atom. The first kappa shape index (κ1) is 7.34. The molecular formula is C6H12N4. The van der Waals surface area contributed by atoms with Gasteiger partial charge in [-0.1, -0.05) is 0 Å². The highest BCUT2D eigenvalue weighted by molar-refractivity contribution is 5.81. The van der Waals surface area contributed by atoms with Gasteiger partial charge in [0, 0.05) is 5.92 Å². The summed E-state index contributed by atoms with van der Waals surface area (Å²) in [5.74, 6) is 0.472. The Hall–Kier alpha value is -0.770. The van der Waals surface area contributed by atoms with Crippen LogP contribution >= 0.6 is 0 Å². The highest BCUT2D eigenvalue weighted by atomic mass is 15.0. The first-order chi connectivity index (χ1) is 4.84. The van der Waals surface area contributed by atoms with Gasteiger partial charge in [-0.15, -0.1) is 5.11 Å². The lowest BCUT2D eigenvalue weighted by Crippen LogP contribution is -2.30. The van der Waals surface area contributed by atoms with E-state index < -0.39 is 0 Å². The fourth-order valence-corrected chi connectivity index (χ4v) is 1.19. The normalized spacial score (nSPS) is 20.4. The quantitative estimate of drug-likeness (QED) is 0.284. The van der Waals surface area contributed by atoms with Gasteiger partial charge in [0.2, 0.25) is 0 Å². The lowest BCUT2D eigenvalue weighted by atomic mass is 9.97. The molecule has 1 rings (SSSR count). The van der Waals surface area contributed by atoms with Crippen molar-refractivity contribution >= 4 is 5.84 Å². The molecule has 0 bridgehead atoms. The van der Waals surface area contributed by atoms with Crippen molar-refractivity contribution < 1.29 is 0 Å². The Morgan fingerprint density at radius 3 is 2.50 bits per heavy atom. The summed E-state index contributed by atoms with van der Waals surface area (Å²) in [6.45, 7) is 1.92. The second-order valence-electron chi connectivity index (χ2n) is 2.52. The molecule has 4 heteroatoms. The third-order valence-corrected chi connectivity index (χ3v) is 1.85. The molecule has 0 amide bonds. The first-order valence-corrected chi connectivity index (χ1v) is 3.51. The number of hydrogen-bond acceptors (Lipinski definition) is 3. The standard InChI is InChI=1S/C6H12N4/c7-6(10-8)5-1-3-9-4-2-5/h5,7-9H,1-4H2. The van der Waals surface area contributed by atoms with E-state index in [0.29, 0.717) is 0 Å². The highest BCUT2D eigenvalue weighted by Crippen LogP contribution is 2.12. The highest BCUT2D eigenvalue weighted by Gasteiger charge is 2.16. The third kappa shape index (κ3) is 1.60. The van der Waals surface area contributed by atoms with E-state index in [4.69, 9.17) is 10.9 Å². The van der Waals surface area contributed by atoms with Crippen LogP contribution in [0.1, 0.15) is 12.8 Å². The van der Waals surface area contributed by atoms with Crippen LogP contribution in [0.4, 0.5) is 0 Å². The van der Waals surface area contributed by atoms with E-state index in [1.54, 1.807) is 0 Å². The van der Waals surface area contributed by atoms with Crippen LogP contribution in [0.25, 0.3) is 0 Å². The van der Waals surface area contributed by atoms with Gasteiger partial charge in [-0.2, -0.15) is 0 Å². The maximum Gasteiger partial charge on any atom is 0.145 e. The van der Waals surface area contributed by atoms with Gasteiger partial charge in [0.05, 0.1) is 0 Å². The van der Waals surface area contributed by atoms with Crippen LogP contribution < -0.4 is 5.32 Å². The van der Waals surface area contributed by atoms with Gasteiger partial charge < -0.3 is 5.32 Å². The molecule has 0 aromatic carbocycles. The summed E-state index contributed by atoms with van der Waals surface area (Å²) >= 11 is 0. The second-order valence-corrected chi connectivity index (χ2v) is 2.52. The van der Waals surface area contributed by atoms with E-state index in [1.165, 1.54) is 0 Å². The summed E-state index contributed by atoms with van der Waals surface area (Å²) in [5, 5.41) is 13.6. The molecule has 0 radical (unpaired) electrons. The average molecular weight is 140 g/mol. The number of amidine groups is 1. The second kappa shape index (κ2) is 3.41. The summed E-state index contributed by atoms with van der Waals surface area (Å²) in [7, 11) is 0. The molecule has 0 aliphatic carbocycles. The van der Waals surface area contributed by atoms with E-state index in [9.17, 15) is 0 Å². The molecule has 0 saturated carbocycles. The molecule has 0 spiro atoms. The third-order valence-electron chi connectivity index (χ3n) is 1.85. The summed E-state index contributed by atoms with van der Waals surface area (Å²) in [6, 6.07) is 0. The van der Waals surface area contributed by atoms with Gasteiger partial charge in [-0.25, -0.2) is 5.53 Å². The minimum Gasteiger partial charge on any atom is -0.317 e. The van der Waals surface area contributed by atoms with Crippen LogP contribution in [0.3, 0.4) is 0 Å². The molecule has 1 aliphatic rings. The monoisotopic (exact) mass is 140 g/mol. The lowest BCUT2D eigenvalue weighted by molar-refractivity contribution is 0.452. The summed E-state index contributed by atoms with van der Waals surface area (Å²) in [5.41, 5.74) is 6.63. The van der Waals surface area contributed by atoms with E-state index >= 15 is 0 Å². The molecule has 4 nitrogen and oxygen atoms in total. The molecule has 1 heterocycles. The maximum atomic E-state index is 7.25. The summed E-state index contributed by atoms with van der Waals surface area (Å²) in [4.78, 5) is 0. The molecule has 1 fully saturated rings. The summed E-state index contributed by atoms with van der Waals surface area (Å²) < 4.78 is 0. The van der Waals surface area contributed by atoms with E-state index in [0.717, 1.165) is 25.9 Å². The zero-order valence-electron chi connectivity index (χ0n) is 5.85. The van der Waals surface area contributed by atoms with Crippen molar-refractivity contribution in [2.45, 2.75) is 12.8 Å². The van der Waals surface area contributed by atoms with Crippen molar-refractivity contribution in [3.05, 3.63) is 0 Å².